The molecule has 2 aromatic rings. The van der Waals surface area contributed by atoms with Gasteiger partial charge < -0.3 is 10.8 Å². The number of benzene rings is 1. The minimum absolute atomic E-state index is 0.140. The summed E-state index contributed by atoms with van der Waals surface area (Å²) in [5.41, 5.74) is 6.88. The van der Waals surface area contributed by atoms with Gasteiger partial charge in [0.1, 0.15) is 0 Å². The largest absolute Gasteiger partial charge is 0.478 e. The number of nitrogen functional groups attached to an aromatic ring is 1. The first kappa shape index (κ1) is 11.3. The minimum Gasteiger partial charge on any atom is -0.478 e. The van der Waals surface area contributed by atoms with Gasteiger partial charge in [0.15, 0.2) is 6.29 Å². The number of aldehydes is 1. The second-order valence-electron chi connectivity index (χ2n) is 3.47. The van der Waals surface area contributed by atoms with Gasteiger partial charge >= 0.3 is 5.97 Å². The molecule has 3 N–H and O–H groups in total. The second-order valence-corrected chi connectivity index (χ2v) is 4.58. The van der Waals surface area contributed by atoms with E-state index in [0.29, 0.717) is 16.1 Å². The van der Waals surface area contributed by atoms with Gasteiger partial charge in [-0.1, -0.05) is 0 Å². The molecule has 4 nitrogen and oxygen atoms in total. The number of carboxylic acid groups (broad SMARTS) is 1. The number of hydrogen-bond acceptors (Lipinski definition) is 4. The normalized spacial score (nSPS) is 10.1. The first-order valence-corrected chi connectivity index (χ1v) is 5.61. The van der Waals surface area contributed by atoms with Gasteiger partial charge in [0, 0.05) is 10.6 Å². The molecule has 0 amide bonds. The zero-order chi connectivity index (χ0) is 12.4. The van der Waals surface area contributed by atoms with Gasteiger partial charge in [-0.3, -0.25) is 4.79 Å². The molecular weight excluding hydrogens is 238 g/mol. The van der Waals surface area contributed by atoms with Crippen LogP contribution in [0, 0.1) is 0 Å². The molecule has 0 aliphatic heterocycles. The molecule has 0 unspecified atom stereocenters. The molecule has 0 saturated heterocycles. The zero-order valence-electron chi connectivity index (χ0n) is 8.71. The summed E-state index contributed by atoms with van der Waals surface area (Å²) in [5.74, 6) is -1.02. The van der Waals surface area contributed by atoms with Crippen molar-refractivity contribution < 1.29 is 14.7 Å². The van der Waals surface area contributed by atoms with E-state index in [2.05, 4.69) is 0 Å². The van der Waals surface area contributed by atoms with E-state index in [4.69, 9.17) is 10.8 Å². The standard InChI is InChI=1S/C12H9NO3S/c13-9-4-7(3-8(5-9)12(15)16)11-2-1-10(6-14)17-11/h1-6H,13H2,(H,15,16). The fourth-order valence-corrected chi connectivity index (χ4v) is 2.30. The van der Waals surface area contributed by atoms with E-state index in [1.54, 1.807) is 24.3 Å². The molecule has 0 spiro atoms. The van der Waals surface area contributed by atoms with E-state index < -0.39 is 5.97 Å². The van der Waals surface area contributed by atoms with Crippen molar-refractivity contribution in [1.82, 2.24) is 0 Å². The predicted molar refractivity (Wildman–Crippen MR) is 66.5 cm³/mol. The van der Waals surface area contributed by atoms with Crippen molar-refractivity contribution in [3.63, 3.8) is 0 Å². The van der Waals surface area contributed by atoms with Crippen molar-refractivity contribution >= 4 is 29.3 Å². The maximum atomic E-state index is 10.9. The van der Waals surface area contributed by atoms with E-state index in [-0.39, 0.29) is 5.56 Å². The van der Waals surface area contributed by atoms with Crippen LogP contribution < -0.4 is 5.73 Å². The van der Waals surface area contributed by atoms with Gasteiger partial charge in [-0.15, -0.1) is 11.3 Å². The highest BCUT2D eigenvalue weighted by atomic mass is 32.1. The molecule has 1 aromatic carbocycles. The number of hydrogen-bond donors (Lipinski definition) is 2. The Labute approximate surface area is 101 Å². The van der Waals surface area contributed by atoms with Crippen molar-refractivity contribution in [3.8, 4) is 10.4 Å². The lowest BCUT2D eigenvalue weighted by Gasteiger charge is -2.02. The molecule has 0 aliphatic rings. The van der Waals surface area contributed by atoms with Crippen LogP contribution in [-0.2, 0) is 0 Å². The average molecular weight is 247 g/mol. The van der Waals surface area contributed by atoms with Gasteiger partial charge in [0.05, 0.1) is 10.4 Å². The van der Waals surface area contributed by atoms with E-state index in [0.717, 1.165) is 11.2 Å². The van der Waals surface area contributed by atoms with Gasteiger partial charge in [-0.25, -0.2) is 4.79 Å². The molecule has 1 heterocycles. The Kier molecular flexibility index (Phi) is 2.93. The Morgan fingerprint density at radius 3 is 2.65 bits per heavy atom. The number of carboxylic acids is 1. The first-order valence-electron chi connectivity index (χ1n) is 4.79. The summed E-state index contributed by atoms with van der Waals surface area (Å²) in [6.45, 7) is 0. The van der Waals surface area contributed by atoms with Crippen LogP contribution >= 0.6 is 11.3 Å². The average Bonchev–Trinajstić information content (AvgIpc) is 2.76. The molecule has 1 aromatic heterocycles. The Balaban J connectivity index is 2.51. The molecule has 2 rings (SSSR count). The maximum Gasteiger partial charge on any atom is 0.335 e. The summed E-state index contributed by atoms with van der Waals surface area (Å²) in [6, 6.07) is 8.09. The SMILES string of the molecule is Nc1cc(C(=O)O)cc(-c2ccc(C=O)s2)c1. The van der Waals surface area contributed by atoms with Crippen LogP contribution in [0.1, 0.15) is 20.0 Å². The van der Waals surface area contributed by atoms with E-state index >= 15 is 0 Å². The molecule has 0 radical (unpaired) electrons. The van der Waals surface area contributed by atoms with E-state index in [1.807, 2.05) is 0 Å². The number of aromatic carboxylic acids is 1. The summed E-state index contributed by atoms with van der Waals surface area (Å²) in [5, 5.41) is 8.92. The third-order valence-corrected chi connectivity index (χ3v) is 3.29. The zero-order valence-corrected chi connectivity index (χ0v) is 9.53. The number of anilines is 1. The lowest BCUT2D eigenvalue weighted by Crippen LogP contribution is -1.98. The summed E-state index contributed by atoms with van der Waals surface area (Å²) >= 11 is 1.30. The number of carbonyl (C=O) groups is 2. The van der Waals surface area contributed by atoms with Crippen molar-refractivity contribution in [1.29, 1.82) is 0 Å². The summed E-state index contributed by atoms with van der Waals surface area (Å²) < 4.78 is 0. The van der Waals surface area contributed by atoms with Gasteiger partial charge in [0.2, 0.25) is 0 Å². The van der Waals surface area contributed by atoms with Crippen LogP contribution in [0.15, 0.2) is 30.3 Å². The third kappa shape index (κ3) is 2.34. The van der Waals surface area contributed by atoms with Gasteiger partial charge in [0.25, 0.3) is 0 Å². The quantitative estimate of drug-likeness (QED) is 0.645. The van der Waals surface area contributed by atoms with Gasteiger partial charge in [-0.2, -0.15) is 0 Å². The molecule has 0 saturated carbocycles. The lowest BCUT2D eigenvalue weighted by atomic mass is 10.1. The van der Waals surface area contributed by atoms with Crippen molar-refractivity contribution in [2.45, 2.75) is 0 Å². The minimum atomic E-state index is -1.02. The predicted octanol–water partition coefficient (Wildman–Crippen LogP) is 2.51. The molecule has 0 atom stereocenters. The highest BCUT2D eigenvalue weighted by Gasteiger charge is 2.08. The van der Waals surface area contributed by atoms with Gasteiger partial charge in [-0.05, 0) is 35.9 Å². The topological polar surface area (TPSA) is 80.4 Å². The smallest absolute Gasteiger partial charge is 0.335 e. The molecule has 17 heavy (non-hydrogen) atoms. The van der Waals surface area contributed by atoms with Crippen molar-refractivity contribution in [3.05, 3.63) is 40.8 Å². The summed E-state index contributed by atoms with van der Waals surface area (Å²) in [7, 11) is 0. The molecule has 86 valence electrons. The molecule has 0 aliphatic carbocycles. The Morgan fingerprint density at radius 2 is 2.06 bits per heavy atom. The van der Waals surface area contributed by atoms with Crippen LogP contribution in [0.25, 0.3) is 10.4 Å². The number of rotatable bonds is 3. The fraction of sp³-hybridized carbons (Fsp3) is 0. The van der Waals surface area contributed by atoms with Crippen LogP contribution in [0.5, 0.6) is 0 Å². The van der Waals surface area contributed by atoms with Crippen molar-refractivity contribution in [2.75, 3.05) is 5.73 Å². The Morgan fingerprint density at radius 1 is 1.29 bits per heavy atom. The summed E-state index contributed by atoms with van der Waals surface area (Å²) in [6.07, 6.45) is 0.762. The summed E-state index contributed by atoms with van der Waals surface area (Å²) in [4.78, 5) is 22.9. The third-order valence-electron chi connectivity index (χ3n) is 2.23. The molecular formula is C12H9NO3S. The van der Waals surface area contributed by atoms with E-state index in [9.17, 15) is 9.59 Å². The Hall–Kier alpha value is -2.14. The lowest BCUT2D eigenvalue weighted by molar-refractivity contribution is 0.0697. The second kappa shape index (κ2) is 4.39. The van der Waals surface area contributed by atoms with Crippen molar-refractivity contribution in [2.24, 2.45) is 0 Å². The van der Waals surface area contributed by atoms with Crippen LogP contribution in [0.4, 0.5) is 5.69 Å². The molecule has 0 bridgehead atoms. The fourth-order valence-electron chi connectivity index (χ4n) is 1.49. The monoisotopic (exact) mass is 247 g/mol. The highest BCUT2D eigenvalue weighted by molar-refractivity contribution is 7.17. The Bertz CT molecular complexity index is 589. The van der Waals surface area contributed by atoms with Crippen LogP contribution in [0.3, 0.4) is 0 Å². The van der Waals surface area contributed by atoms with Crippen LogP contribution in [0.2, 0.25) is 0 Å². The maximum absolute atomic E-state index is 10.9. The number of carbonyl (C=O) groups excluding carboxylic acids is 1. The molecule has 5 heteroatoms. The molecule has 0 fully saturated rings. The first-order chi connectivity index (χ1) is 8.10. The number of thiophene rings is 1. The van der Waals surface area contributed by atoms with Crippen LogP contribution in [-0.4, -0.2) is 17.4 Å². The van der Waals surface area contributed by atoms with E-state index in [1.165, 1.54) is 17.4 Å². The highest BCUT2D eigenvalue weighted by Crippen LogP contribution is 2.29. The number of nitrogens with two attached hydrogens (primary N) is 1.